The van der Waals surface area contributed by atoms with Crippen LogP contribution >= 0.6 is 11.6 Å². The summed E-state index contributed by atoms with van der Waals surface area (Å²) in [5.41, 5.74) is 5.28. The molecule has 1 aromatic carbocycles. The van der Waals surface area contributed by atoms with Crippen molar-refractivity contribution in [1.82, 2.24) is 26.6 Å². The number of benzene rings is 1. The normalized spacial score (nSPS) is 15.3. The van der Waals surface area contributed by atoms with Crippen LogP contribution in [0.3, 0.4) is 0 Å². The van der Waals surface area contributed by atoms with E-state index >= 15 is 0 Å². The summed E-state index contributed by atoms with van der Waals surface area (Å²) in [6, 6.07) is 8.67. The van der Waals surface area contributed by atoms with Gasteiger partial charge in [0.1, 0.15) is 11.5 Å². The van der Waals surface area contributed by atoms with E-state index in [-0.39, 0.29) is 5.62 Å². The van der Waals surface area contributed by atoms with E-state index in [1.807, 2.05) is 0 Å². The molecule has 5 nitrogen and oxygen atoms in total. The molecule has 1 atom stereocenters. The molecule has 2 rings (SSSR count). The number of alkyl halides is 1. The average Bonchev–Trinajstić information content (AvgIpc) is 3.11. The molecule has 0 radical (unpaired) electrons. The first-order chi connectivity index (χ1) is 15.0. The van der Waals surface area contributed by atoms with Gasteiger partial charge in [0.2, 0.25) is 0 Å². The van der Waals surface area contributed by atoms with Gasteiger partial charge in [0, 0.05) is 25.3 Å². The molecule has 0 aromatic heterocycles. The summed E-state index contributed by atoms with van der Waals surface area (Å²) in [6.45, 7) is 15.4. The maximum Gasteiger partial charge on any atom is 0.176 e. The maximum absolute atomic E-state index is 6.22. The number of halogens is 1. The first kappa shape index (κ1) is 25.0. The van der Waals surface area contributed by atoms with Crippen molar-refractivity contribution < 1.29 is 0 Å². The molecule has 0 saturated heterocycles. The lowest BCUT2D eigenvalue weighted by molar-refractivity contribution is 0.621. The van der Waals surface area contributed by atoms with E-state index in [0.29, 0.717) is 0 Å². The van der Waals surface area contributed by atoms with Crippen LogP contribution in [-0.4, -0.2) is 25.3 Å². The second-order valence-electron chi connectivity index (χ2n) is 8.17. The van der Waals surface area contributed by atoms with E-state index in [0.717, 1.165) is 74.7 Å². The summed E-state index contributed by atoms with van der Waals surface area (Å²) < 4.78 is 0. The first-order valence-electron chi connectivity index (χ1n) is 11.5. The van der Waals surface area contributed by atoms with Crippen molar-refractivity contribution in [2.45, 2.75) is 64.4 Å². The minimum Gasteiger partial charge on any atom is -0.388 e. The Labute approximate surface area is 193 Å². The molecule has 6 heteroatoms. The summed E-state index contributed by atoms with van der Waals surface area (Å²) in [5.74, 6) is 0.920. The summed E-state index contributed by atoms with van der Waals surface area (Å²) >= 11 is 6.22. The Morgan fingerprint density at radius 1 is 1.03 bits per heavy atom. The molecule has 0 saturated carbocycles. The van der Waals surface area contributed by atoms with Gasteiger partial charge in [0.05, 0.1) is 5.70 Å². The van der Waals surface area contributed by atoms with Crippen molar-refractivity contribution in [2.75, 3.05) is 19.6 Å². The van der Waals surface area contributed by atoms with Gasteiger partial charge < -0.3 is 26.6 Å². The first-order valence-corrected chi connectivity index (χ1v) is 12.0. The fourth-order valence-corrected chi connectivity index (χ4v) is 3.75. The lowest BCUT2D eigenvalue weighted by atomic mass is 10.1. The molecule has 172 valence electrons. The Balaban J connectivity index is 1.61. The number of hydrogen-bond acceptors (Lipinski definition) is 5. The predicted octanol–water partition coefficient (Wildman–Crippen LogP) is 4.58. The number of allylic oxidation sites excluding steroid dienone is 1. The van der Waals surface area contributed by atoms with Gasteiger partial charge in [-0.3, -0.25) is 0 Å². The molecular weight excluding hydrogens is 406 g/mol. The summed E-state index contributed by atoms with van der Waals surface area (Å²) in [4.78, 5) is 0. The third-order valence-corrected chi connectivity index (χ3v) is 5.51. The van der Waals surface area contributed by atoms with Gasteiger partial charge in [-0.05, 0) is 44.6 Å². The zero-order valence-electron chi connectivity index (χ0n) is 19.2. The molecule has 1 aromatic rings. The van der Waals surface area contributed by atoms with Crippen molar-refractivity contribution in [3.05, 3.63) is 71.5 Å². The molecule has 0 bridgehead atoms. The second-order valence-corrected chi connectivity index (χ2v) is 8.60. The summed E-state index contributed by atoms with van der Waals surface area (Å²) in [5, 5.41) is 16.8. The summed E-state index contributed by atoms with van der Waals surface area (Å²) in [7, 11) is 0. The van der Waals surface area contributed by atoms with E-state index in [4.69, 9.17) is 11.6 Å². The fraction of sp³-hybridized carbons (Fsp3) is 0.520. The Hall–Kier alpha value is -2.27. The van der Waals surface area contributed by atoms with Crippen molar-refractivity contribution in [3.8, 4) is 0 Å². The molecule has 0 spiro atoms. The molecule has 0 aliphatic carbocycles. The number of aryl methyl sites for hydroxylation is 1. The Morgan fingerprint density at radius 2 is 1.84 bits per heavy atom. The largest absolute Gasteiger partial charge is 0.388 e. The highest BCUT2D eigenvalue weighted by atomic mass is 35.5. The van der Waals surface area contributed by atoms with Gasteiger partial charge in [-0.15, -0.1) is 0 Å². The molecule has 1 aliphatic heterocycles. The minimum absolute atomic E-state index is 0.316. The zero-order valence-corrected chi connectivity index (χ0v) is 20.0. The SMILES string of the molecule is C=C(CCCCNC1=C(C(=C)NCCCCC)NC(Cl)N1)NCCc1cccc(C)c1. The molecule has 1 unspecified atom stereocenters. The maximum atomic E-state index is 6.22. The van der Waals surface area contributed by atoms with Crippen LogP contribution in [-0.2, 0) is 6.42 Å². The van der Waals surface area contributed by atoms with Crippen molar-refractivity contribution in [2.24, 2.45) is 0 Å². The number of nitrogens with one attached hydrogen (secondary N) is 5. The molecule has 31 heavy (non-hydrogen) atoms. The van der Waals surface area contributed by atoms with Crippen LogP contribution in [0.15, 0.2) is 60.3 Å². The Bertz CT molecular complexity index is 743. The van der Waals surface area contributed by atoms with Gasteiger partial charge in [-0.1, -0.05) is 74.4 Å². The van der Waals surface area contributed by atoms with Gasteiger partial charge in [0.15, 0.2) is 5.62 Å². The number of rotatable bonds is 16. The third kappa shape index (κ3) is 9.60. The monoisotopic (exact) mass is 445 g/mol. The summed E-state index contributed by atoms with van der Waals surface area (Å²) in [6.07, 6.45) is 7.72. The topological polar surface area (TPSA) is 60.1 Å². The van der Waals surface area contributed by atoms with Gasteiger partial charge >= 0.3 is 0 Å². The quantitative estimate of drug-likeness (QED) is 0.146. The van der Waals surface area contributed by atoms with Crippen molar-refractivity contribution in [1.29, 1.82) is 0 Å². The standard InChI is InChI=1S/C25H40ClN5/c1-5-6-8-15-28-21(4)23-24(31-25(26)30-23)29-16-9-7-12-20(3)27-17-14-22-13-10-11-19(2)18-22/h10-11,13,18,25,27-31H,3-9,12,14-17H2,1-2H3. The van der Waals surface area contributed by atoms with Gasteiger partial charge in [0.25, 0.3) is 0 Å². The van der Waals surface area contributed by atoms with E-state index in [9.17, 15) is 0 Å². The lowest BCUT2D eigenvalue weighted by Crippen LogP contribution is -2.30. The lowest BCUT2D eigenvalue weighted by Gasteiger charge is -2.14. The Kier molecular flexibility index (Phi) is 11.2. The average molecular weight is 446 g/mol. The highest BCUT2D eigenvalue weighted by Crippen LogP contribution is 2.14. The smallest absolute Gasteiger partial charge is 0.176 e. The van der Waals surface area contributed by atoms with Crippen LogP contribution in [0.4, 0.5) is 0 Å². The molecule has 1 aliphatic rings. The molecule has 1 heterocycles. The number of unbranched alkanes of at least 4 members (excludes halogenated alkanes) is 3. The van der Waals surface area contributed by atoms with Gasteiger partial charge in [-0.25, -0.2) is 0 Å². The van der Waals surface area contributed by atoms with Crippen LogP contribution < -0.4 is 26.6 Å². The third-order valence-electron chi connectivity index (χ3n) is 5.29. The van der Waals surface area contributed by atoms with Crippen LogP contribution in [0.1, 0.15) is 56.6 Å². The van der Waals surface area contributed by atoms with E-state index in [2.05, 4.69) is 77.9 Å². The number of hydrogen-bond donors (Lipinski definition) is 5. The molecule has 0 fully saturated rings. The molecular formula is C25H40ClN5. The van der Waals surface area contributed by atoms with Gasteiger partial charge in [-0.2, -0.15) is 0 Å². The van der Waals surface area contributed by atoms with Crippen LogP contribution in [0, 0.1) is 6.92 Å². The van der Waals surface area contributed by atoms with E-state index < -0.39 is 0 Å². The van der Waals surface area contributed by atoms with Crippen LogP contribution in [0.25, 0.3) is 0 Å². The highest BCUT2D eigenvalue weighted by molar-refractivity contribution is 6.20. The van der Waals surface area contributed by atoms with Crippen LogP contribution in [0.5, 0.6) is 0 Å². The fourth-order valence-electron chi connectivity index (χ4n) is 3.53. The van der Waals surface area contributed by atoms with Crippen molar-refractivity contribution in [3.63, 3.8) is 0 Å². The predicted molar refractivity (Wildman–Crippen MR) is 133 cm³/mol. The minimum atomic E-state index is -0.316. The van der Waals surface area contributed by atoms with E-state index in [1.54, 1.807) is 0 Å². The Morgan fingerprint density at radius 3 is 2.61 bits per heavy atom. The zero-order chi connectivity index (χ0) is 22.5. The van der Waals surface area contributed by atoms with Crippen molar-refractivity contribution >= 4 is 11.6 Å². The molecule has 0 amide bonds. The molecule has 5 N–H and O–H groups in total. The highest BCUT2D eigenvalue weighted by Gasteiger charge is 2.22. The van der Waals surface area contributed by atoms with E-state index in [1.165, 1.54) is 24.0 Å². The second kappa shape index (κ2) is 13.9. The van der Waals surface area contributed by atoms with Crippen LogP contribution in [0.2, 0.25) is 0 Å².